The molecule has 2 aromatic carbocycles. The average molecular weight is 413 g/mol. The molecule has 0 fully saturated rings. The van der Waals surface area contributed by atoms with Crippen molar-refractivity contribution in [3.63, 3.8) is 0 Å². The summed E-state index contributed by atoms with van der Waals surface area (Å²) in [5.74, 6) is 0.379. The molecule has 0 aliphatic carbocycles. The number of benzene rings is 2. The van der Waals surface area contributed by atoms with E-state index in [2.05, 4.69) is 20.6 Å². The van der Waals surface area contributed by atoms with E-state index >= 15 is 0 Å². The van der Waals surface area contributed by atoms with Crippen LogP contribution >= 0.6 is 0 Å². The van der Waals surface area contributed by atoms with Crippen LogP contribution in [-0.2, 0) is 9.84 Å². The van der Waals surface area contributed by atoms with Gasteiger partial charge >= 0.3 is 0 Å². The van der Waals surface area contributed by atoms with Crippen molar-refractivity contribution in [1.29, 1.82) is 5.41 Å². The normalized spacial score (nSPS) is 11.2. The maximum atomic E-state index is 13.3. The fraction of sp³-hybridized carbons (Fsp3) is 0.150. The first-order valence-electron chi connectivity index (χ1n) is 8.67. The largest absolute Gasteiger partial charge is 0.383 e. The lowest BCUT2D eigenvalue weighted by Crippen LogP contribution is -2.10. The van der Waals surface area contributed by atoms with Crippen LogP contribution < -0.4 is 10.6 Å². The standard InChI is InChI=1S/C20H20FN5O2S/c1-12(22)17-18(23-2)20(24-15-8-10-16(11-9-15)29(3,27)28)26-19(25-17)13-4-6-14(21)7-5-13/h4-11,22-23H,1-3H3,(H,24,25,26). The van der Waals surface area contributed by atoms with E-state index in [4.69, 9.17) is 5.41 Å². The Bertz CT molecular complexity index is 1160. The first-order chi connectivity index (χ1) is 13.7. The Morgan fingerprint density at radius 1 is 1.03 bits per heavy atom. The van der Waals surface area contributed by atoms with E-state index in [0.29, 0.717) is 34.3 Å². The summed E-state index contributed by atoms with van der Waals surface area (Å²) in [5.41, 5.74) is 2.38. The van der Waals surface area contributed by atoms with E-state index in [1.807, 2.05) is 0 Å². The SMILES string of the molecule is CNc1c(Nc2ccc(S(C)(=O)=O)cc2)nc(-c2ccc(F)cc2)nc1C(C)=N. The monoisotopic (exact) mass is 413 g/mol. The fourth-order valence-electron chi connectivity index (χ4n) is 2.71. The van der Waals surface area contributed by atoms with Crippen LogP contribution in [0.1, 0.15) is 12.6 Å². The Kier molecular flexibility index (Phi) is 5.60. The highest BCUT2D eigenvalue weighted by molar-refractivity contribution is 7.90. The zero-order valence-electron chi connectivity index (χ0n) is 16.1. The molecule has 0 unspecified atom stereocenters. The maximum absolute atomic E-state index is 13.3. The molecule has 150 valence electrons. The van der Waals surface area contributed by atoms with Gasteiger partial charge in [0, 0.05) is 24.6 Å². The third-order valence-electron chi connectivity index (χ3n) is 4.16. The Labute approximate surface area is 168 Å². The van der Waals surface area contributed by atoms with Crippen molar-refractivity contribution in [3.05, 3.63) is 60.0 Å². The second-order valence-electron chi connectivity index (χ2n) is 6.42. The van der Waals surface area contributed by atoms with Gasteiger partial charge < -0.3 is 16.0 Å². The van der Waals surface area contributed by atoms with E-state index in [1.165, 1.54) is 24.3 Å². The van der Waals surface area contributed by atoms with Gasteiger partial charge in [0.2, 0.25) is 0 Å². The molecular formula is C20H20FN5O2S. The van der Waals surface area contributed by atoms with Crippen molar-refractivity contribution >= 4 is 32.7 Å². The van der Waals surface area contributed by atoms with Crippen LogP contribution in [0.4, 0.5) is 21.6 Å². The van der Waals surface area contributed by atoms with E-state index in [-0.39, 0.29) is 16.4 Å². The molecule has 0 aliphatic heterocycles. The summed E-state index contributed by atoms with van der Waals surface area (Å²) < 4.78 is 36.6. The van der Waals surface area contributed by atoms with E-state index in [0.717, 1.165) is 6.26 Å². The zero-order valence-corrected chi connectivity index (χ0v) is 16.9. The van der Waals surface area contributed by atoms with Crippen molar-refractivity contribution in [2.75, 3.05) is 23.9 Å². The summed E-state index contributed by atoms with van der Waals surface area (Å²) in [7, 11) is -1.60. The van der Waals surface area contributed by atoms with Crippen molar-refractivity contribution in [1.82, 2.24) is 9.97 Å². The number of anilines is 3. The summed E-state index contributed by atoms with van der Waals surface area (Å²) >= 11 is 0. The number of hydrogen-bond donors (Lipinski definition) is 3. The first-order valence-corrected chi connectivity index (χ1v) is 10.6. The molecule has 3 rings (SSSR count). The molecule has 3 aromatic rings. The molecule has 0 saturated carbocycles. The second kappa shape index (κ2) is 7.96. The lowest BCUT2D eigenvalue weighted by atomic mass is 10.1. The van der Waals surface area contributed by atoms with Crippen LogP contribution in [0.25, 0.3) is 11.4 Å². The summed E-state index contributed by atoms with van der Waals surface area (Å²) in [6.45, 7) is 1.61. The molecule has 1 heterocycles. The minimum Gasteiger partial charge on any atom is -0.383 e. The number of aromatic nitrogens is 2. The van der Waals surface area contributed by atoms with Gasteiger partial charge in [0.15, 0.2) is 21.5 Å². The van der Waals surface area contributed by atoms with Gasteiger partial charge in [-0.25, -0.2) is 22.8 Å². The number of nitrogens with one attached hydrogen (secondary N) is 3. The summed E-state index contributed by atoms with van der Waals surface area (Å²) in [6.07, 6.45) is 1.15. The second-order valence-corrected chi connectivity index (χ2v) is 8.44. The van der Waals surface area contributed by atoms with Gasteiger partial charge in [0.25, 0.3) is 0 Å². The molecule has 1 aromatic heterocycles. The highest BCUT2D eigenvalue weighted by Gasteiger charge is 2.17. The molecule has 9 heteroatoms. The lowest BCUT2D eigenvalue weighted by Gasteiger charge is -2.16. The smallest absolute Gasteiger partial charge is 0.175 e. The van der Waals surface area contributed by atoms with Crippen LogP contribution in [0.2, 0.25) is 0 Å². The molecule has 29 heavy (non-hydrogen) atoms. The van der Waals surface area contributed by atoms with Gasteiger partial charge in [0.1, 0.15) is 17.2 Å². The van der Waals surface area contributed by atoms with Crippen LogP contribution in [0, 0.1) is 11.2 Å². The van der Waals surface area contributed by atoms with Gasteiger partial charge in [0.05, 0.1) is 10.6 Å². The van der Waals surface area contributed by atoms with Crippen molar-refractivity contribution < 1.29 is 12.8 Å². The number of halogens is 1. The van der Waals surface area contributed by atoms with Crippen LogP contribution in [0.5, 0.6) is 0 Å². The van der Waals surface area contributed by atoms with Crippen LogP contribution in [0.15, 0.2) is 53.4 Å². The Hall–Kier alpha value is -3.33. The Morgan fingerprint density at radius 3 is 2.17 bits per heavy atom. The molecule has 0 saturated heterocycles. The molecule has 0 spiro atoms. The van der Waals surface area contributed by atoms with E-state index in [9.17, 15) is 12.8 Å². The molecule has 0 bridgehead atoms. The van der Waals surface area contributed by atoms with Crippen LogP contribution in [0.3, 0.4) is 0 Å². The van der Waals surface area contributed by atoms with E-state index in [1.54, 1.807) is 38.2 Å². The minimum atomic E-state index is -3.29. The third kappa shape index (κ3) is 4.57. The molecule has 3 N–H and O–H groups in total. The van der Waals surface area contributed by atoms with Crippen molar-refractivity contribution in [2.24, 2.45) is 0 Å². The third-order valence-corrected chi connectivity index (χ3v) is 5.29. The minimum absolute atomic E-state index is 0.211. The number of nitrogens with zero attached hydrogens (tertiary/aromatic N) is 2. The number of hydrogen-bond acceptors (Lipinski definition) is 7. The van der Waals surface area contributed by atoms with Crippen molar-refractivity contribution in [3.8, 4) is 11.4 Å². The summed E-state index contributed by atoms with van der Waals surface area (Å²) in [6, 6.07) is 12.0. The average Bonchev–Trinajstić information content (AvgIpc) is 2.67. The highest BCUT2D eigenvalue weighted by Crippen LogP contribution is 2.30. The number of sulfone groups is 1. The Morgan fingerprint density at radius 2 is 1.66 bits per heavy atom. The topological polar surface area (TPSA) is 108 Å². The fourth-order valence-corrected chi connectivity index (χ4v) is 3.34. The van der Waals surface area contributed by atoms with Gasteiger partial charge in [-0.3, -0.25) is 0 Å². The van der Waals surface area contributed by atoms with Gasteiger partial charge in [-0.1, -0.05) is 0 Å². The van der Waals surface area contributed by atoms with Gasteiger partial charge in [-0.2, -0.15) is 0 Å². The first kappa shape index (κ1) is 20.4. The van der Waals surface area contributed by atoms with Gasteiger partial charge in [-0.15, -0.1) is 0 Å². The maximum Gasteiger partial charge on any atom is 0.175 e. The molecule has 7 nitrogen and oxygen atoms in total. The van der Waals surface area contributed by atoms with Crippen molar-refractivity contribution in [2.45, 2.75) is 11.8 Å². The zero-order chi connectivity index (χ0) is 21.2. The summed E-state index contributed by atoms with van der Waals surface area (Å²) in [4.78, 5) is 9.19. The number of rotatable bonds is 6. The quantitative estimate of drug-likeness (QED) is 0.530. The molecule has 0 amide bonds. The highest BCUT2D eigenvalue weighted by atomic mass is 32.2. The van der Waals surface area contributed by atoms with E-state index < -0.39 is 9.84 Å². The lowest BCUT2D eigenvalue weighted by molar-refractivity contribution is 0.602. The Balaban J connectivity index is 2.08. The molecule has 0 atom stereocenters. The molecule has 0 radical (unpaired) electrons. The summed E-state index contributed by atoms with van der Waals surface area (Å²) in [5, 5.41) is 14.2. The van der Waals surface area contributed by atoms with Crippen LogP contribution in [-0.4, -0.2) is 37.4 Å². The predicted octanol–water partition coefficient (Wildman–Crippen LogP) is 3.86. The predicted molar refractivity (Wildman–Crippen MR) is 112 cm³/mol. The molecular weight excluding hydrogens is 393 g/mol. The van der Waals surface area contributed by atoms with Gasteiger partial charge in [-0.05, 0) is 55.5 Å². The molecule has 0 aliphatic rings.